The summed E-state index contributed by atoms with van der Waals surface area (Å²) in [5, 5.41) is 6.22. The van der Waals surface area contributed by atoms with E-state index in [-0.39, 0.29) is 17.5 Å². The van der Waals surface area contributed by atoms with Crippen molar-refractivity contribution in [1.29, 1.82) is 0 Å². The summed E-state index contributed by atoms with van der Waals surface area (Å²) in [7, 11) is 0. The molecule has 1 aromatic carbocycles. The molecule has 3 nitrogen and oxygen atoms in total. The molecule has 0 radical (unpaired) electrons. The van der Waals surface area contributed by atoms with Crippen molar-refractivity contribution in [3.05, 3.63) is 35.4 Å². The molecule has 0 aromatic heterocycles. The van der Waals surface area contributed by atoms with E-state index in [1.54, 1.807) is 0 Å². The number of carbonyl (C=O) groups is 1. The number of nitrogens with one attached hydrogen (secondary N) is 2. The van der Waals surface area contributed by atoms with Crippen molar-refractivity contribution in [2.75, 3.05) is 6.54 Å². The van der Waals surface area contributed by atoms with Crippen LogP contribution in [-0.2, 0) is 11.2 Å². The summed E-state index contributed by atoms with van der Waals surface area (Å²) in [6, 6.07) is 8.44. The average molecular weight is 262 g/mol. The first kappa shape index (κ1) is 15.7. The number of hydrogen-bond donors (Lipinski definition) is 2. The Kier molecular flexibility index (Phi) is 5.55. The van der Waals surface area contributed by atoms with E-state index in [0.717, 1.165) is 6.42 Å². The molecule has 0 heterocycles. The first-order chi connectivity index (χ1) is 8.78. The average Bonchev–Trinajstić information content (AvgIpc) is 2.29. The zero-order chi connectivity index (χ0) is 14.5. The molecule has 0 aliphatic carbocycles. The quantitative estimate of drug-likeness (QED) is 0.855. The third kappa shape index (κ3) is 6.39. The van der Waals surface area contributed by atoms with E-state index in [1.807, 2.05) is 19.1 Å². The molecule has 0 bridgehead atoms. The van der Waals surface area contributed by atoms with Gasteiger partial charge in [-0.15, -0.1) is 0 Å². The minimum atomic E-state index is -0.0312. The fourth-order valence-electron chi connectivity index (χ4n) is 1.89. The number of hydrogen-bond acceptors (Lipinski definition) is 2. The van der Waals surface area contributed by atoms with Crippen LogP contribution in [0.4, 0.5) is 0 Å². The molecule has 3 heteroatoms. The molecule has 1 aromatic rings. The summed E-state index contributed by atoms with van der Waals surface area (Å²) >= 11 is 0. The topological polar surface area (TPSA) is 41.1 Å². The second kappa shape index (κ2) is 6.71. The number of carbonyl (C=O) groups excluding carboxylic acids is 1. The predicted octanol–water partition coefficient (Wildman–Crippen LogP) is 2.43. The zero-order valence-corrected chi connectivity index (χ0v) is 12.7. The van der Waals surface area contributed by atoms with Crippen LogP contribution in [0, 0.1) is 6.92 Å². The van der Waals surface area contributed by atoms with Gasteiger partial charge >= 0.3 is 0 Å². The molecule has 1 atom stereocenters. The van der Waals surface area contributed by atoms with Gasteiger partial charge in [0, 0.05) is 11.6 Å². The maximum atomic E-state index is 11.8. The van der Waals surface area contributed by atoms with Gasteiger partial charge in [-0.2, -0.15) is 0 Å². The molecule has 0 aliphatic heterocycles. The normalized spacial score (nSPS) is 13.1. The van der Waals surface area contributed by atoms with Crippen LogP contribution in [0.25, 0.3) is 0 Å². The summed E-state index contributed by atoms with van der Waals surface area (Å²) in [5.74, 6) is 0.0519. The summed E-state index contributed by atoms with van der Waals surface area (Å²) < 4.78 is 0. The van der Waals surface area contributed by atoms with Crippen LogP contribution in [0.5, 0.6) is 0 Å². The van der Waals surface area contributed by atoms with E-state index < -0.39 is 0 Å². The van der Waals surface area contributed by atoms with Gasteiger partial charge in [-0.1, -0.05) is 24.3 Å². The molecule has 0 fully saturated rings. The molecule has 1 amide bonds. The highest BCUT2D eigenvalue weighted by atomic mass is 16.1. The number of benzene rings is 1. The van der Waals surface area contributed by atoms with Gasteiger partial charge < -0.3 is 10.6 Å². The fourth-order valence-corrected chi connectivity index (χ4v) is 1.89. The van der Waals surface area contributed by atoms with E-state index in [2.05, 4.69) is 50.5 Å². The second-order valence-electron chi connectivity index (χ2n) is 6.20. The van der Waals surface area contributed by atoms with Gasteiger partial charge in [0.2, 0.25) is 5.91 Å². The molecular weight excluding hydrogens is 236 g/mol. The fraction of sp³-hybridized carbons (Fsp3) is 0.562. The van der Waals surface area contributed by atoms with Crippen LogP contribution in [0.2, 0.25) is 0 Å². The summed E-state index contributed by atoms with van der Waals surface area (Å²) in [4.78, 5) is 11.8. The van der Waals surface area contributed by atoms with E-state index >= 15 is 0 Å². The lowest BCUT2D eigenvalue weighted by Crippen LogP contribution is -2.45. The lowest BCUT2D eigenvalue weighted by Gasteiger charge is -2.21. The largest absolute Gasteiger partial charge is 0.352 e. The van der Waals surface area contributed by atoms with E-state index in [1.165, 1.54) is 11.1 Å². The van der Waals surface area contributed by atoms with Crippen molar-refractivity contribution >= 4 is 5.91 Å². The minimum absolute atomic E-state index is 0.0312. The molecule has 19 heavy (non-hydrogen) atoms. The third-order valence-electron chi connectivity index (χ3n) is 2.97. The Morgan fingerprint density at radius 1 is 1.26 bits per heavy atom. The Bertz CT molecular complexity index is 421. The Hall–Kier alpha value is -1.35. The number of aryl methyl sites for hydroxylation is 1. The molecule has 106 valence electrons. The van der Waals surface area contributed by atoms with Crippen molar-refractivity contribution in [2.24, 2.45) is 0 Å². The predicted molar refractivity (Wildman–Crippen MR) is 80.2 cm³/mol. The lowest BCUT2D eigenvalue weighted by atomic mass is 10.0. The van der Waals surface area contributed by atoms with Gasteiger partial charge in [0.05, 0.1) is 6.54 Å². The van der Waals surface area contributed by atoms with Crippen LogP contribution in [-0.4, -0.2) is 24.0 Å². The molecule has 1 unspecified atom stereocenters. The van der Waals surface area contributed by atoms with Crippen LogP contribution < -0.4 is 10.6 Å². The molecule has 0 saturated carbocycles. The SMILES string of the molecule is Cc1ccccc1CC(C)NC(=O)CNC(C)(C)C. The Balaban J connectivity index is 2.41. The van der Waals surface area contributed by atoms with Crippen molar-refractivity contribution < 1.29 is 4.79 Å². The second-order valence-corrected chi connectivity index (χ2v) is 6.20. The zero-order valence-electron chi connectivity index (χ0n) is 12.7. The number of amides is 1. The maximum absolute atomic E-state index is 11.8. The van der Waals surface area contributed by atoms with Crippen molar-refractivity contribution in [3.63, 3.8) is 0 Å². The molecule has 0 aliphatic rings. The van der Waals surface area contributed by atoms with Gasteiger partial charge in [0.15, 0.2) is 0 Å². The highest BCUT2D eigenvalue weighted by Gasteiger charge is 2.13. The van der Waals surface area contributed by atoms with Gasteiger partial charge in [-0.05, 0) is 52.2 Å². The van der Waals surface area contributed by atoms with Gasteiger partial charge in [-0.3, -0.25) is 4.79 Å². The Morgan fingerprint density at radius 2 is 1.89 bits per heavy atom. The first-order valence-electron chi connectivity index (χ1n) is 6.87. The van der Waals surface area contributed by atoms with Crippen LogP contribution in [0.15, 0.2) is 24.3 Å². The lowest BCUT2D eigenvalue weighted by molar-refractivity contribution is -0.121. The van der Waals surface area contributed by atoms with Gasteiger partial charge in [-0.25, -0.2) is 0 Å². The molecule has 0 saturated heterocycles. The van der Waals surface area contributed by atoms with E-state index in [9.17, 15) is 4.79 Å². The third-order valence-corrected chi connectivity index (χ3v) is 2.97. The Labute approximate surface area is 116 Å². The molecule has 0 spiro atoms. The summed E-state index contributed by atoms with van der Waals surface area (Å²) in [5.41, 5.74) is 2.53. The van der Waals surface area contributed by atoms with Gasteiger partial charge in [0.25, 0.3) is 0 Å². The van der Waals surface area contributed by atoms with Crippen molar-refractivity contribution in [2.45, 2.75) is 52.6 Å². The Morgan fingerprint density at radius 3 is 2.47 bits per heavy atom. The highest BCUT2D eigenvalue weighted by molar-refractivity contribution is 5.78. The number of rotatable bonds is 5. The van der Waals surface area contributed by atoms with E-state index in [4.69, 9.17) is 0 Å². The first-order valence-corrected chi connectivity index (χ1v) is 6.87. The highest BCUT2D eigenvalue weighted by Crippen LogP contribution is 2.09. The smallest absolute Gasteiger partial charge is 0.234 e. The van der Waals surface area contributed by atoms with Crippen molar-refractivity contribution in [1.82, 2.24) is 10.6 Å². The van der Waals surface area contributed by atoms with Crippen molar-refractivity contribution in [3.8, 4) is 0 Å². The van der Waals surface area contributed by atoms with Crippen LogP contribution in [0.3, 0.4) is 0 Å². The van der Waals surface area contributed by atoms with Gasteiger partial charge in [0.1, 0.15) is 0 Å². The maximum Gasteiger partial charge on any atom is 0.234 e. The summed E-state index contributed by atoms with van der Waals surface area (Å²) in [6.45, 7) is 10.7. The standard InChI is InChI=1S/C16H26N2O/c1-12-8-6-7-9-14(12)10-13(2)18-15(19)11-17-16(3,4)5/h6-9,13,17H,10-11H2,1-5H3,(H,18,19). The molecule has 2 N–H and O–H groups in total. The monoisotopic (exact) mass is 262 g/mol. The summed E-state index contributed by atoms with van der Waals surface area (Å²) in [6.07, 6.45) is 0.869. The van der Waals surface area contributed by atoms with Crippen LogP contribution in [0.1, 0.15) is 38.8 Å². The molecular formula is C16H26N2O. The molecule has 1 rings (SSSR count). The minimum Gasteiger partial charge on any atom is -0.352 e. The van der Waals surface area contributed by atoms with E-state index in [0.29, 0.717) is 6.54 Å². The van der Waals surface area contributed by atoms with Crippen LogP contribution >= 0.6 is 0 Å².